The number of nitrogens with zero attached hydrogens (tertiary/aromatic N) is 2. The van der Waals surface area contributed by atoms with Crippen LogP contribution in [-0.2, 0) is 5.41 Å². The van der Waals surface area contributed by atoms with E-state index in [9.17, 15) is 0 Å². The monoisotopic (exact) mass is 1020 g/mol. The van der Waals surface area contributed by atoms with E-state index in [2.05, 4.69) is 315 Å². The molecule has 1 unspecified atom stereocenters. The van der Waals surface area contributed by atoms with Gasteiger partial charge < -0.3 is 9.47 Å². The topological polar surface area (TPSA) is 8.17 Å². The van der Waals surface area contributed by atoms with Crippen LogP contribution in [0.25, 0.3) is 95.3 Å². The number of fused-ring (bicyclic) bond motifs is 6. The van der Waals surface area contributed by atoms with Crippen LogP contribution in [0.2, 0.25) is 0 Å². The first-order chi connectivity index (χ1) is 39.4. The molecule has 2 nitrogen and oxygen atoms in total. The van der Waals surface area contributed by atoms with Crippen molar-refractivity contribution in [3.8, 4) is 61.3 Å². The van der Waals surface area contributed by atoms with Gasteiger partial charge in [-0.25, -0.2) is 0 Å². The van der Waals surface area contributed by atoms with Crippen molar-refractivity contribution < 1.29 is 0 Å². The Hall–Kier alpha value is -10.3. The molecule has 0 N–H and O–H groups in total. The van der Waals surface area contributed by atoms with Crippen LogP contribution < -0.4 is 4.90 Å². The summed E-state index contributed by atoms with van der Waals surface area (Å²) >= 11 is 0. The molecule has 0 amide bonds. The van der Waals surface area contributed by atoms with E-state index in [-0.39, 0.29) is 0 Å². The van der Waals surface area contributed by atoms with E-state index in [0.29, 0.717) is 0 Å². The third-order valence-corrected chi connectivity index (χ3v) is 16.5. The van der Waals surface area contributed by atoms with Crippen molar-refractivity contribution in [1.29, 1.82) is 0 Å². The molecule has 80 heavy (non-hydrogen) atoms. The molecule has 1 heterocycles. The second-order valence-corrected chi connectivity index (χ2v) is 21.1. The Morgan fingerprint density at radius 1 is 0.338 bits per heavy atom. The molecule has 1 aromatic heterocycles. The molecule has 2 heteroatoms. The van der Waals surface area contributed by atoms with Crippen LogP contribution in [0.15, 0.2) is 298 Å². The summed E-state index contributed by atoms with van der Waals surface area (Å²) in [5, 5.41) is 2.41. The van der Waals surface area contributed by atoms with Crippen molar-refractivity contribution in [2.45, 2.75) is 12.3 Å². The van der Waals surface area contributed by atoms with Gasteiger partial charge in [-0.2, -0.15) is 0 Å². The van der Waals surface area contributed by atoms with Crippen molar-refractivity contribution >= 4 is 51.0 Å². The first kappa shape index (κ1) is 48.1. The van der Waals surface area contributed by atoms with Crippen LogP contribution in [0.4, 0.5) is 17.1 Å². The SMILES string of the molecule is C=Cc1ccc(-c2ccc3c(c2)c2cc(-c4ccc(N(c5ccc(-c6ccccc6)cc5)c5ccc6c(c5)C(c5ccccc5)(c5ccc(C=C)cc5)c5ccccc5-6)cc4)ccc2n3-c2cccc(-c3ccc(C)cc3)c2)cc1. The zero-order valence-corrected chi connectivity index (χ0v) is 44.6. The molecule has 14 rings (SSSR count). The van der Waals surface area contributed by atoms with Crippen molar-refractivity contribution in [2.24, 2.45) is 0 Å². The molecule has 1 atom stereocenters. The molecule has 0 radical (unpaired) electrons. The van der Waals surface area contributed by atoms with Gasteiger partial charge >= 0.3 is 0 Å². The van der Waals surface area contributed by atoms with Gasteiger partial charge in [0, 0.05) is 33.5 Å². The number of rotatable bonds is 12. The molecule has 0 saturated heterocycles. The van der Waals surface area contributed by atoms with Gasteiger partial charge in [-0.1, -0.05) is 243 Å². The molecule has 0 bridgehead atoms. The summed E-state index contributed by atoms with van der Waals surface area (Å²) in [6.07, 6.45) is 3.82. The van der Waals surface area contributed by atoms with Gasteiger partial charge in [-0.05, 0) is 169 Å². The van der Waals surface area contributed by atoms with E-state index >= 15 is 0 Å². The summed E-state index contributed by atoms with van der Waals surface area (Å²) in [5.41, 5.74) is 26.4. The zero-order valence-electron chi connectivity index (χ0n) is 44.6. The Labute approximate surface area is 468 Å². The third kappa shape index (κ3) is 8.20. The summed E-state index contributed by atoms with van der Waals surface area (Å²) in [6, 6.07) is 105. The Kier molecular flexibility index (Phi) is 12.0. The number of aromatic nitrogens is 1. The number of anilines is 3. The van der Waals surface area contributed by atoms with E-state index in [1.54, 1.807) is 0 Å². The summed E-state index contributed by atoms with van der Waals surface area (Å²) in [6.45, 7) is 10.2. The summed E-state index contributed by atoms with van der Waals surface area (Å²) in [4.78, 5) is 2.42. The number of benzene rings is 12. The standard InChI is InChI=1S/C78H56N2/c1-4-54-25-31-59(32-26-54)62-37-47-76-72(50-62)73-51-63(38-48-77(73)80(76)68-20-14-17-61(49-68)58-29-23-53(3)24-30-58)60-35-43-67(44-36-60)79(66-41-33-57(34-42-66)56-15-8-6-9-16-56)69-45-46-71-70-21-12-13-22-74(70)78(75(71)52-69,64-18-10-7-11-19-64)65-39-27-55(5-2)28-40-65/h4-52H,1-2H2,3H3. The molecule has 13 aromatic rings. The van der Waals surface area contributed by atoms with Crippen LogP contribution in [0.1, 0.15) is 38.9 Å². The highest BCUT2D eigenvalue weighted by atomic mass is 15.1. The average Bonchev–Trinajstić information content (AvgIpc) is 3.60. The fraction of sp³-hybridized carbons (Fsp3) is 0.0256. The molecule has 12 aromatic carbocycles. The highest BCUT2D eigenvalue weighted by Gasteiger charge is 2.46. The van der Waals surface area contributed by atoms with E-state index < -0.39 is 5.41 Å². The molecule has 0 saturated carbocycles. The summed E-state index contributed by atoms with van der Waals surface area (Å²) in [7, 11) is 0. The minimum atomic E-state index is -0.571. The Morgan fingerprint density at radius 2 is 0.775 bits per heavy atom. The number of aryl methyl sites for hydroxylation is 1. The molecule has 0 aliphatic heterocycles. The van der Waals surface area contributed by atoms with Gasteiger partial charge in [-0.3, -0.25) is 0 Å². The maximum absolute atomic E-state index is 4.09. The van der Waals surface area contributed by atoms with E-state index in [4.69, 9.17) is 0 Å². The lowest BCUT2D eigenvalue weighted by Gasteiger charge is -2.35. The lowest BCUT2D eigenvalue weighted by Crippen LogP contribution is -2.28. The van der Waals surface area contributed by atoms with Gasteiger partial charge in [0.2, 0.25) is 0 Å². The second kappa shape index (κ2) is 19.9. The van der Waals surface area contributed by atoms with Gasteiger partial charge in [0.05, 0.1) is 16.4 Å². The van der Waals surface area contributed by atoms with E-state index in [0.717, 1.165) is 56.0 Å². The number of hydrogen-bond donors (Lipinski definition) is 0. The van der Waals surface area contributed by atoms with Crippen LogP contribution in [0, 0.1) is 6.92 Å². The quantitative estimate of drug-likeness (QED) is 0.118. The predicted molar refractivity (Wildman–Crippen MR) is 339 cm³/mol. The second-order valence-electron chi connectivity index (χ2n) is 21.1. The Balaban J connectivity index is 0.913. The predicted octanol–water partition coefficient (Wildman–Crippen LogP) is 20.9. The largest absolute Gasteiger partial charge is 0.310 e. The maximum Gasteiger partial charge on any atom is 0.0714 e. The highest BCUT2D eigenvalue weighted by Crippen LogP contribution is 2.57. The Bertz CT molecular complexity index is 4450. The fourth-order valence-corrected chi connectivity index (χ4v) is 12.5. The molecular formula is C78H56N2. The summed E-state index contributed by atoms with van der Waals surface area (Å²) < 4.78 is 2.43. The van der Waals surface area contributed by atoms with Crippen molar-refractivity contribution in [1.82, 2.24) is 4.57 Å². The van der Waals surface area contributed by atoms with E-state index in [1.165, 1.54) is 83.1 Å². The molecular weight excluding hydrogens is 965 g/mol. The first-order valence-electron chi connectivity index (χ1n) is 27.5. The van der Waals surface area contributed by atoms with Gasteiger partial charge in [0.25, 0.3) is 0 Å². The molecule has 1 aliphatic carbocycles. The average molecular weight is 1020 g/mol. The van der Waals surface area contributed by atoms with E-state index in [1.807, 2.05) is 12.2 Å². The van der Waals surface area contributed by atoms with Crippen LogP contribution >= 0.6 is 0 Å². The molecule has 378 valence electrons. The van der Waals surface area contributed by atoms with Crippen molar-refractivity contribution in [2.75, 3.05) is 4.90 Å². The van der Waals surface area contributed by atoms with Gasteiger partial charge in [0.1, 0.15) is 0 Å². The van der Waals surface area contributed by atoms with Crippen molar-refractivity contribution in [3.63, 3.8) is 0 Å². The zero-order chi connectivity index (χ0) is 53.7. The lowest BCUT2D eigenvalue weighted by molar-refractivity contribution is 0.768. The van der Waals surface area contributed by atoms with Crippen LogP contribution in [-0.4, -0.2) is 4.57 Å². The smallest absolute Gasteiger partial charge is 0.0714 e. The third-order valence-electron chi connectivity index (χ3n) is 16.5. The highest BCUT2D eigenvalue weighted by molar-refractivity contribution is 6.12. The normalized spacial score (nSPS) is 13.5. The van der Waals surface area contributed by atoms with Crippen molar-refractivity contribution in [3.05, 3.63) is 337 Å². The molecule has 0 spiro atoms. The lowest BCUT2D eigenvalue weighted by atomic mass is 9.67. The van der Waals surface area contributed by atoms with Gasteiger partial charge in [-0.15, -0.1) is 0 Å². The molecule has 1 aliphatic rings. The summed E-state index contributed by atoms with van der Waals surface area (Å²) in [5.74, 6) is 0. The first-order valence-corrected chi connectivity index (χ1v) is 27.5. The number of hydrogen-bond acceptors (Lipinski definition) is 1. The molecule has 0 fully saturated rings. The van der Waals surface area contributed by atoms with Crippen LogP contribution in [0.3, 0.4) is 0 Å². The fourth-order valence-electron chi connectivity index (χ4n) is 12.5. The maximum atomic E-state index is 4.09. The minimum absolute atomic E-state index is 0.571. The van der Waals surface area contributed by atoms with Gasteiger partial charge in [0.15, 0.2) is 0 Å². The Morgan fingerprint density at radius 3 is 1.38 bits per heavy atom. The minimum Gasteiger partial charge on any atom is -0.310 e. The van der Waals surface area contributed by atoms with Crippen LogP contribution in [0.5, 0.6) is 0 Å².